The minimum Gasteiger partial charge on any atom is -0.470 e. The summed E-state index contributed by atoms with van der Waals surface area (Å²) in [5.41, 5.74) is 0.661. The lowest BCUT2D eigenvalue weighted by Crippen LogP contribution is -2.19. The molecular weight excluding hydrogens is 228 g/mol. The van der Waals surface area contributed by atoms with E-state index in [1.165, 1.54) is 0 Å². The Hall–Kier alpha value is -1.26. The Labute approximate surface area is 97.5 Å². The normalized spacial score (nSPS) is 20.4. The quantitative estimate of drug-likeness (QED) is 0.872. The summed E-state index contributed by atoms with van der Waals surface area (Å²) in [5, 5.41) is 8.51. The third-order valence-corrected chi connectivity index (χ3v) is 3.02. The van der Waals surface area contributed by atoms with E-state index in [4.69, 9.17) is 20.9 Å². The van der Waals surface area contributed by atoms with Crippen LogP contribution in [0.2, 0.25) is 5.02 Å². The molecule has 1 N–H and O–H groups in total. The first kappa shape index (κ1) is 9.93. The van der Waals surface area contributed by atoms with Crippen molar-refractivity contribution in [2.24, 2.45) is 0 Å². The van der Waals surface area contributed by atoms with Crippen molar-refractivity contribution in [3.63, 3.8) is 0 Å². The first-order valence-electron chi connectivity index (χ1n) is 5.26. The van der Waals surface area contributed by atoms with Crippen molar-refractivity contribution in [2.75, 3.05) is 13.1 Å². The molecule has 0 aliphatic carbocycles. The first-order valence-corrected chi connectivity index (χ1v) is 5.63. The number of fused-ring (bicyclic) bond motifs is 1. The second kappa shape index (κ2) is 3.96. The fourth-order valence-corrected chi connectivity index (χ4v) is 2.14. The summed E-state index contributed by atoms with van der Waals surface area (Å²) in [4.78, 5) is 0. The Kier molecular flexibility index (Phi) is 2.46. The molecule has 2 aromatic rings. The maximum absolute atomic E-state index is 6.09. The van der Waals surface area contributed by atoms with Crippen LogP contribution in [0.15, 0.2) is 22.7 Å². The second-order valence-electron chi connectivity index (χ2n) is 3.83. The fraction of sp³-hybridized carbons (Fsp3) is 0.364. The molecule has 0 radical (unpaired) electrons. The second-order valence-corrected chi connectivity index (χ2v) is 4.24. The highest BCUT2D eigenvalue weighted by Gasteiger charge is 2.20. The summed E-state index contributed by atoms with van der Waals surface area (Å²) >= 11 is 6.09. The van der Waals surface area contributed by atoms with Crippen molar-refractivity contribution in [2.45, 2.75) is 12.5 Å². The van der Waals surface area contributed by atoms with E-state index in [-0.39, 0.29) is 6.10 Å². The first-order chi connectivity index (χ1) is 7.84. The summed E-state index contributed by atoms with van der Waals surface area (Å²) in [6, 6.07) is 5.46. The summed E-state index contributed by atoms with van der Waals surface area (Å²) < 4.78 is 10.9. The van der Waals surface area contributed by atoms with E-state index in [0.717, 1.165) is 24.9 Å². The number of nitrogens with one attached hydrogen (secondary N) is 1. The van der Waals surface area contributed by atoms with Gasteiger partial charge in [0.15, 0.2) is 5.58 Å². The van der Waals surface area contributed by atoms with Gasteiger partial charge in [-0.15, -0.1) is 0 Å². The molecule has 1 unspecified atom stereocenters. The van der Waals surface area contributed by atoms with Gasteiger partial charge in [-0.1, -0.05) is 17.7 Å². The predicted octanol–water partition coefficient (Wildman–Crippen LogP) is 2.22. The highest BCUT2D eigenvalue weighted by Crippen LogP contribution is 2.32. The molecule has 1 aliphatic heterocycles. The average Bonchev–Trinajstić information content (AvgIpc) is 2.90. The third-order valence-electron chi connectivity index (χ3n) is 2.71. The van der Waals surface area contributed by atoms with Crippen LogP contribution in [0.1, 0.15) is 6.42 Å². The molecule has 2 heterocycles. The lowest BCUT2D eigenvalue weighted by Gasteiger charge is -2.09. The molecule has 5 heteroatoms. The maximum atomic E-state index is 6.09. The number of nitrogens with zero attached hydrogens (tertiary/aromatic N) is 1. The van der Waals surface area contributed by atoms with Crippen LogP contribution in [-0.2, 0) is 0 Å². The van der Waals surface area contributed by atoms with Gasteiger partial charge in [-0.25, -0.2) is 0 Å². The molecule has 16 heavy (non-hydrogen) atoms. The van der Waals surface area contributed by atoms with Crippen molar-refractivity contribution in [1.29, 1.82) is 0 Å². The van der Waals surface area contributed by atoms with E-state index in [2.05, 4.69) is 10.5 Å². The minimum atomic E-state index is 0.157. The van der Waals surface area contributed by atoms with Crippen molar-refractivity contribution < 1.29 is 9.26 Å². The van der Waals surface area contributed by atoms with E-state index in [1.807, 2.05) is 12.1 Å². The molecule has 0 spiro atoms. The fourth-order valence-electron chi connectivity index (χ4n) is 1.89. The third kappa shape index (κ3) is 1.64. The van der Waals surface area contributed by atoms with Gasteiger partial charge in [-0.05, 0) is 30.3 Å². The van der Waals surface area contributed by atoms with Gasteiger partial charge >= 0.3 is 0 Å². The Bertz CT molecular complexity index is 506. The van der Waals surface area contributed by atoms with E-state index < -0.39 is 0 Å². The SMILES string of the molecule is Clc1cccc2onc(OC3CCNC3)c12. The van der Waals surface area contributed by atoms with Crippen LogP contribution in [0, 0.1) is 0 Å². The molecule has 0 saturated carbocycles. The Morgan fingerprint density at radius 1 is 1.50 bits per heavy atom. The Morgan fingerprint density at radius 3 is 3.25 bits per heavy atom. The zero-order valence-electron chi connectivity index (χ0n) is 8.57. The van der Waals surface area contributed by atoms with Crippen LogP contribution in [0.4, 0.5) is 0 Å². The summed E-state index contributed by atoms with van der Waals surface area (Å²) in [6.45, 7) is 1.83. The topological polar surface area (TPSA) is 47.3 Å². The molecule has 0 bridgehead atoms. The minimum absolute atomic E-state index is 0.157. The number of ether oxygens (including phenoxy) is 1. The van der Waals surface area contributed by atoms with E-state index in [9.17, 15) is 0 Å². The van der Waals surface area contributed by atoms with Crippen LogP contribution < -0.4 is 10.1 Å². The largest absolute Gasteiger partial charge is 0.470 e. The van der Waals surface area contributed by atoms with Gasteiger partial charge in [-0.3, -0.25) is 0 Å². The zero-order valence-corrected chi connectivity index (χ0v) is 9.33. The molecule has 84 valence electrons. The standard InChI is InChI=1S/C11H11ClN2O2/c12-8-2-1-3-9-10(8)11(14-16-9)15-7-4-5-13-6-7/h1-3,7,13H,4-6H2. The van der Waals surface area contributed by atoms with E-state index in [0.29, 0.717) is 16.5 Å². The number of aromatic nitrogens is 1. The number of hydrogen-bond acceptors (Lipinski definition) is 4. The molecule has 3 rings (SSSR count). The highest BCUT2D eigenvalue weighted by molar-refractivity contribution is 6.35. The van der Waals surface area contributed by atoms with Crippen LogP contribution in [0.3, 0.4) is 0 Å². The number of halogens is 1. The Balaban J connectivity index is 1.97. The van der Waals surface area contributed by atoms with Crippen molar-refractivity contribution in [1.82, 2.24) is 10.5 Å². The molecule has 1 aliphatic rings. The van der Waals surface area contributed by atoms with Gasteiger partial charge in [0.2, 0.25) is 0 Å². The lowest BCUT2D eigenvalue weighted by molar-refractivity contribution is 0.204. The van der Waals surface area contributed by atoms with Crippen molar-refractivity contribution in [3.05, 3.63) is 23.2 Å². The molecule has 1 fully saturated rings. The monoisotopic (exact) mass is 238 g/mol. The molecule has 1 aromatic carbocycles. The van der Waals surface area contributed by atoms with Crippen LogP contribution in [0.5, 0.6) is 5.88 Å². The van der Waals surface area contributed by atoms with Crippen LogP contribution in [0.25, 0.3) is 11.0 Å². The van der Waals surface area contributed by atoms with Gasteiger partial charge < -0.3 is 14.6 Å². The zero-order chi connectivity index (χ0) is 11.0. The molecule has 4 nitrogen and oxygen atoms in total. The van der Waals surface area contributed by atoms with Crippen LogP contribution >= 0.6 is 11.6 Å². The van der Waals surface area contributed by atoms with Crippen molar-refractivity contribution in [3.8, 4) is 5.88 Å². The van der Waals surface area contributed by atoms with Gasteiger partial charge in [0.05, 0.1) is 5.02 Å². The molecule has 0 amide bonds. The maximum Gasteiger partial charge on any atom is 0.263 e. The lowest BCUT2D eigenvalue weighted by atomic mass is 10.2. The molecule has 1 atom stereocenters. The smallest absolute Gasteiger partial charge is 0.263 e. The number of rotatable bonds is 2. The van der Waals surface area contributed by atoms with Gasteiger partial charge in [0.1, 0.15) is 11.5 Å². The number of benzene rings is 1. The molecule has 1 aromatic heterocycles. The average molecular weight is 239 g/mol. The number of hydrogen-bond donors (Lipinski definition) is 1. The van der Waals surface area contributed by atoms with Gasteiger partial charge in [0, 0.05) is 6.54 Å². The highest BCUT2D eigenvalue weighted by atomic mass is 35.5. The van der Waals surface area contributed by atoms with Gasteiger partial charge in [0.25, 0.3) is 5.88 Å². The molecule has 1 saturated heterocycles. The van der Waals surface area contributed by atoms with Crippen molar-refractivity contribution >= 4 is 22.6 Å². The Morgan fingerprint density at radius 2 is 2.44 bits per heavy atom. The predicted molar refractivity (Wildman–Crippen MR) is 60.9 cm³/mol. The van der Waals surface area contributed by atoms with E-state index in [1.54, 1.807) is 6.07 Å². The van der Waals surface area contributed by atoms with E-state index >= 15 is 0 Å². The summed E-state index contributed by atoms with van der Waals surface area (Å²) in [6.07, 6.45) is 1.14. The summed E-state index contributed by atoms with van der Waals surface area (Å²) in [5.74, 6) is 0.495. The molecular formula is C11H11ClN2O2. The van der Waals surface area contributed by atoms with Crippen LogP contribution in [-0.4, -0.2) is 24.4 Å². The van der Waals surface area contributed by atoms with Gasteiger partial charge in [-0.2, -0.15) is 0 Å². The summed E-state index contributed by atoms with van der Waals surface area (Å²) in [7, 11) is 0.